The summed E-state index contributed by atoms with van der Waals surface area (Å²) >= 11 is 1.53. The summed E-state index contributed by atoms with van der Waals surface area (Å²) in [6.07, 6.45) is 0. The number of hydrogen-bond acceptors (Lipinski definition) is 5. The van der Waals surface area contributed by atoms with Gasteiger partial charge in [-0.25, -0.2) is 9.78 Å². The van der Waals surface area contributed by atoms with Gasteiger partial charge in [-0.15, -0.1) is 11.3 Å². The van der Waals surface area contributed by atoms with Crippen LogP contribution in [0.15, 0.2) is 84.2 Å². The van der Waals surface area contributed by atoms with Crippen LogP contribution < -0.4 is 10.2 Å². The van der Waals surface area contributed by atoms with Crippen molar-refractivity contribution in [1.29, 1.82) is 0 Å². The molecule has 0 saturated heterocycles. The zero-order valence-corrected chi connectivity index (χ0v) is 19.0. The average molecular weight is 458 g/mol. The number of aromatic carboxylic acids is 1. The zero-order valence-electron chi connectivity index (χ0n) is 18.2. The van der Waals surface area contributed by atoms with Crippen LogP contribution in [-0.4, -0.2) is 28.0 Å². The molecule has 0 unspecified atom stereocenters. The van der Waals surface area contributed by atoms with Crippen LogP contribution in [0.5, 0.6) is 0 Å². The lowest BCUT2D eigenvalue weighted by atomic mass is 10.1. The van der Waals surface area contributed by atoms with Crippen molar-refractivity contribution in [1.82, 2.24) is 4.98 Å². The van der Waals surface area contributed by atoms with Crippen LogP contribution in [0.4, 0.5) is 16.5 Å². The highest BCUT2D eigenvalue weighted by molar-refractivity contribution is 7.14. The minimum Gasteiger partial charge on any atom is -0.478 e. The molecule has 166 valence electrons. The lowest BCUT2D eigenvalue weighted by Gasteiger charge is -2.26. The molecule has 0 aliphatic carbocycles. The summed E-state index contributed by atoms with van der Waals surface area (Å²) in [5.41, 5.74) is 4.24. The van der Waals surface area contributed by atoms with Gasteiger partial charge in [0.15, 0.2) is 5.13 Å². The number of benzene rings is 3. The summed E-state index contributed by atoms with van der Waals surface area (Å²) in [5.74, 6) is -1.10. The van der Waals surface area contributed by atoms with E-state index in [9.17, 15) is 9.59 Å². The van der Waals surface area contributed by atoms with E-state index in [1.165, 1.54) is 11.3 Å². The van der Waals surface area contributed by atoms with Gasteiger partial charge in [0.2, 0.25) is 0 Å². The zero-order chi connectivity index (χ0) is 23.4. The second-order valence-corrected chi connectivity index (χ2v) is 8.57. The molecule has 0 radical (unpaired) electrons. The Balaban J connectivity index is 1.52. The summed E-state index contributed by atoms with van der Waals surface area (Å²) in [5, 5.41) is 14.9. The Morgan fingerprint density at radius 1 is 0.909 bits per heavy atom. The lowest BCUT2D eigenvalue weighted by Crippen LogP contribution is -2.25. The van der Waals surface area contributed by atoms with Crippen molar-refractivity contribution < 1.29 is 14.7 Å². The first-order valence-electron chi connectivity index (χ1n) is 10.5. The third kappa shape index (κ3) is 5.10. The number of carboxylic acid groups (broad SMARTS) is 1. The molecule has 6 nitrogen and oxygen atoms in total. The van der Waals surface area contributed by atoms with E-state index in [0.717, 1.165) is 22.1 Å². The molecule has 4 aromatic rings. The number of rotatable bonds is 7. The minimum absolute atomic E-state index is 0.134. The van der Waals surface area contributed by atoms with Crippen LogP contribution >= 0.6 is 11.3 Å². The highest BCUT2D eigenvalue weighted by atomic mass is 32.1. The van der Waals surface area contributed by atoms with E-state index in [0.29, 0.717) is 11.3 Å². The maximum atomic E-state index is 12.3. The fraction of sp³-hybridized carbons (Fsp3) is 0.115. The normalized spacial score (nSPS) is 10.8. The third-order valence-corrected chi connectivity index (χ3v) is 5.92. The summed E-state index contributed by atoms with van der Waals surface area (Å²) in [7, 11) is 0. The van der Waals surface area contributed by atoms with Crippen LogP contribution in [0.3, 0.4) is 0 Å². The number of hydrogen-bond donors (Lipinski definition) is 2. The highest BCUT2D eigenvalue weighted by Crippen LogP contribution is 2.34. The second kappa shape index (κ2) is 9.67. The molecule has 0 saturated carbocycles. The Bertz CT molecular complexity index is 1250. The second-order valence-electron chi connectivity index (χ2n) is 7.73. The van der Waals surface area contributed by atoms with Crippen LogP contribution in [0.1, 0.15) is 34.6 Å². The summed E-state index contributed by atoms with van der Waals surface area (Å²) in [4.78, 5) is 30.4. The molecule has 1 aromatic heterocycles. The smallest absolute Gasteiger partial charge is 0.335 e. The average Bonchev–Trinajstić information content (AvgIpc) is 3.30. The minimum atomic E-state index is -0.947. The number of carbonyl (C=O) groups excluding carboxylic acids is 1. The third-order valence-electron chi connectivity index (χ3n) is 5.08. The fourth-order valence-corrected chi connectivity index (χ4v) is 4.41. The van der Waals surface area contributed by atoms with E-state index in [1.807, 2.05) is 47.8 Å². The predicted molar refractivity (Wildman–Crippen MR) is 133 cm³/mol. The van der Waals surface area contributed by atoms with Gasteiger partial charge in [0, 0.05) is 33.9 Å². The van der Waals surface area contributed by atoms with E-state index >= 15 is 0 Å². The van der Waals surface area contributed by atoms with Crippen LogP contribution in [-0.2, 0) is 0 Å². The van der Waals surface area contributed by atoms with Gasteiger partial charge >= 0.3 is 5.97 Å². The van der Waals surface area contributed by atoms with Crippen molar-refractivity contribution >= 4 is 39.7 Å². The van der Waals surface area contributed by atoms with Gasteiger partial charge in [-0.05, 0) is 62.4 Å². The standard InChI is InChI=1S/C26H23N3O3S/c1-17(2)29(22-14-10-20(11-15-22)25(31)32)26-28-23(16-33-26)18-8-12-21(13-9-18)27-24(30)19-6-4-3-5-7-19/h3-17H,1-2H3,(H,27,30)(H,31,32). The predicted octanol–water partition coefficient (Wildman–Crippen LogP) is 6.31. The Kier molecular flexibility index (Phi) is 6.51. The maximum absolute atomic E-state index is 12.3. The number of aromatic nitrogens is 1. The molecule has 0 aliphatic heterocycles. The van der Waals surface area contributed by atoms with Crippen molar-refractivity contribution in [2.24, 2.45) is 0 Å². The first kappa shape index (κ1) is 22.2. The topological polar surface area (TPSA) is 82.5 Å². The number of nitrogens with one attached hydrogen (secondary N) is 1. The number of anilines is 3. The summed E-state index contributed by atoms with van der Waals surface area (Å²) < 4.78 is 0. The van der Waals surface area contributed by atoms with Gasteiger partial charge in [0.25, 0.3) is 5.91 Å². The van der Waals surface area contributed by atoms with Crippen LogP contribution in [0, 0.1) is 0 Å². The summed E-state index contributed by atoms with van der Waals surface area (Å²) in [6.45, 7) is 4.13. The molecule has 0 spiro atoms. The van der Waals surface area contributed by atoms with Crippen LogP contribution in [0.2, 0.25) is 0 Å². The molecule has 0 atom stereocenters. The number of carbonyl (C=O) groups is 2. The van der Waals surface area contributed by atoms with E-state index in [4.69, 9.17) is 10.1 Å². The van der Waals surface area contributed by atoms with Gasteiger partial charge in [-0.1, -0.05) is 30.3 Å². The molecular weight excluding hydrogens is 434 g/mol. The monoisotopic (exact) mass is 457 g/mol. The van der Waals surface area contributed by atoms with Crippen molar-refractivity contribution in [3.05, 3.63) is 95.4 Å². The molecule has 0 bridgehead atoms. The molecule has 1 amide bonds. The Labute approximate surface area is 196 Å². The number of amides is 1. The first-order valence-corrected chi connectivity index (χ1v) is 11.4. The largest absolute Gasteiger partial charge is 0.478 e. The quantitative estimate of drug-likeness (QED) is 0.340. The lowest BCUT2D eigenvalue weighted by molar-refractivity contribution is 0.0696. The Hall–Kier alpha value is -3.97. The SMILES string of the molecule is CC(C)N(c1ccc(C(=O)O)cc1)c1nc(-c2ccc(NC(=O)c3ccccc3)cc2)cs1. The molecular formula is C26H23N3O3S. The highest BCUT2D eigenvalue weighted by Gasteiger charge is 2.18. The van der Waals surface area contributed by atoms with E-state index in [2.05, 4.69) is 24.1 Å². The van der Waals surface area contributed by atoms with E-state index in [-0.39, 0.29) is 17.5 Å². The van der Waals surface area contributed by atoms with Gasteiger partial charge < -0.3 is 15.3 Å². The van der Waals surface area contributed by atoms with E-state index in [1.54, 1.807) is 36.4 Å². The Morgan fingerprint density at radius 3 is 2.18 bits per heavy atom. The molecule has 0 fully saturated rings. The molecule has 1 heterocycles. The van der Waals surface area contributed by atoms with Crippen molar-refractivity contribution in [3.63, 3.8) is 0 Å². The summed E-state index contributed by atoms with van der Waals surface area (Å²) in [6, 6.07) is 23.6. The van der Waals surface area contributed by atoms with Crippen LogP contribution in [0.25, 0.3) is 11.3 Å². The van der Waals surface area contributed by atoms with Crippen molar-refractivity contribution in [2.45, 2.75) is 19.9 Å². The molecule has 33 heavy (non-hydrogen) atoms. The molecule has 2 N–H and O–H groups in total. The fourth-order valence-electron chi connectivity index (χ4n) is 3.42. The maximum Gasteiger partial charge on any atom is 0.335 e. The number of nitrogens with zero attached hydrogens (tertiary/aromatic N) is 2. The van der Waals surface area contributed by atoms with E-state index < -0.39 is 5.97 Å². The number of thiazole rings is 1. The van der Waals surface area contributed by atoms with Gasteiger partial charge in [0.1, 0.15) is 0 Å². The Morgan fingerprint density at radius 2 is 1.58 bits per heavy atom. The van der Waals surface area contributed by atoms with Gasteiger partial charge in [-0.3, -0.25) is 4.79 Å². The number of carboxylic acids is 1. The molecule has 7 heteroatoms. The van der Waals surface area contributed by atoms with Gasteiger partial charge in [0.05, 0.1) is 11.3 Å². The van der Waals surface area contributed by atoms with Crippen molar-refractivity contribution in [2.75, 3.05) is 10.2 Å². The molecule has 3 aromatic carbocycles. The molecule has 4 rings (SSSR count). The molecule has 0 aliphatic rings. The first-order chi connectivity index (χ1) is 15.9. The van der Waals surface area contributed by atoms with Gasteiger partial charge in [-0.2, -0.15) is 0 Å². The van der Waals surface area contributed by atoms with Crippen molar-refractivity contribution in [3.8, 4) is 11.3 Å².